The zero-order valence-corrected chi connectivity index (χ0v) is 10.1. The summed E-state index contributed by atoms with van der Waals surface area (Å²) in [4.78, 5) is 4.06. The highest BCUT2D eigenvalue weighted by Gasteiger charge is 2.05. The molecule has 0 aliphatic rings. The molecule has 0 unspecified atom stereocenters. The Hall–Kier alpha value is -1.81. The fourth-order valence-electron chi connectivity index (χ4n) is 1.55. The molecule has 2 rings (SSSR count). The fraction of sp³-hybridized carbons (Fsp3) is 0.308. The van der Waals surface area contributed by atoms with Gasteiger partial charge >= 0.3 is 0 Å². The zero-order valence-electron chi connectivity index (χ0n) is 10.1. The molecule has 1 N–H and O–H groups in total. The Kier molecular flexibility index (Phi) is 3.77. The van der Waals surface area contributed by atoms with Crippen LogP contribution >= 0.6 is 0 Å². The monoisotopic (exact) mass is 232 g/mol. The number of pyridine rings is 1. The molecule has 4 nitrogen and oxygen atoms in total. The second kappa shape index (κ2) is 5.50. The number of nitrogens with zero attached hydrogens (tertiary/aromatic N) is 1. The summed E-state index contributed by atoms with van der Waals surface area (Å²) in [5.41, 5.74) is 0.972. The topological polar surface area (TPSA) is 47.3 Å². The summed E-state index contributed by atoms with van der Waals surface area (Å²) in [5.74, 6) is 2.35. The SMILES string of the molecule is CCNCc1ccc(-c2ccnc(OC)c2)o1. The summed E-state index contributed by atoms with van der Waals surface area (Å²) in [6.07, 6.45) is 1.71. The molecule has 2 aromatic heterocycles. The van der Waals surface area contributed by atoms with Crippen LogP contribution < -0.4 is 10.1 Å². The quantitative estimate of drug-likeness (QED) is 0.860. The third-order valence-corrected chi connectivity index (χ3v) is 2.44. The van der Waals surface area contributed by atoms with Crippen molar-refractivity contribution in [2.75, 3.05) is 13.7 Å². The number of hydrogen-bond donors (Lipinski definition) is 1. The summed E-state index contributed by atoms with van der Waals surface area (Å²) >= 11 is 0. The molecule has 17 heavy (non-hydrogen) atoms. The Morgan fingerprint density at radius 3 is 3.00 bits per heavy atom. The standard InChI is InChI=1S/C13H16N2O2/c1-3-14-9-11-4-5-12(17-11)10-6-7-15-13(8-10)16-2/h4-8,14H,3,9H2,1-2H3. The summed E-state index contributed by atoms with van der Waals surface area (Å²) < 4.78 is 10.8. The van der Waals surface area contributed by atoms with E-state index in [0.29, 0.717) is 5.88 Å². The van der Waals surface area contributed by atoms with E-state index in [0.717, 1.165) is 30.2 Å². The maximum atomic E-state index is 5.73. The summed E-state index contributed by atoms with van der Waals surface area (Å²) in [6.45, 7) is 3.75. The van der Waals surface area contributed by atoms with Gasteiger partial charge in [0.25, 0.3) is 0 Å². The van der Waals surface area contributed by atoms with Crippen LogP contribution in [-0.4, -0.2) is 18.6 Å². The highest BCUT2D eigenvalue weighted by atomic mass is 16.5. The van der Waals surface area contributed by atoms with Gasteiger partial charge in [0.05, 0.1) is 13.7 Å². The van der Waals surface area contributed by atoms with Crippen LogP contribution in [0.1, 0.15) is 12.7 Å². The first kappa shape index (κ1) is 11.7. The lowest BCUT2D eigenvalue weighted by Gasteiger charge is -2.01. The van der Waals surface area contributed by atoms with E-state index in [9.17, 15) is 0 Å². The van der Waals surface area contributed by atoms with Crippen molar-refractivity contribution < 1.29 is 9.15 Å². The van der Waals surface area contributed by atoms with E-state index in [1.807, 2.05) is 24.3 Å². The van der Waals surface area contributed by atoms with Crippen LogP contribution in [0.15, 0.2) is 34.9 Å². The molecular formula is C13H16N2O2. The minimum absolute atomic E-state index is 0.590. The predicted molar refractivity (Wildman–Crippen MR) is 65.9 cm³/mol. The first-order chi connectivity index (χ1) is 8.33. The Bertz CT molecular complexity index is 480. The summed E-state index contributed by atoms with van der Waals surface area (Å²) in [7, 11) is 1.60. The van der Waals surface area contributed by atoms with Crippen LogP contribution in [-0.2, 0) is 6.54 Å². The maximum absolute atomic E-state index is 5.73. The minimum atomic E-state index is 0.590. The molecule has 90 valence electrons. The average molecular weight is 232 g/mol. The van der Waals surface area contributed by atoms with Crippen LogP contribution in [0.4, 0.5) is 0 Å². The molecule has 2 heterocycles. The van der Waals surface area contributed by atoms with Crippen molar-refractivity contribution in [1.29, 1.82) is 0 Å². The van der Waals surface area contributed by atoms with Gasteiger partial charge in [-0.05, 0) is 24.7 Å². The lowest BCUT2D eigenvalue weighted by atomic mass is 10.2. The van der Waals surface area contributed by atoms with Crippen LogP contribution in [0.3, 0.4) is 0 Å². The molecule has 0 atom stereocenters. The molecule has 0 aromatic carbocycles. The van der Waals surface area contributed by atoms with Gasteiger partial charge in [0.1, 0.15) is 11.5 Å². The van der Waals surface area contributed by atoms with Crippen molar-refractivity contribution >= 4 is 0 Å². The van der Waals surface area contributed by atoms with Gasteiger partial charge in [-0.1, -0.05) is 6.92 Å². The molecule has 2 aromatic rings. The van der Waals surface area contributed by atoms with Crippen molar-refractivity contribution in [3.8, 4) is 17.2 Å². The predicted octanol–water partition coefficient (Wildman–Crippen LogP) is 2.46. The molecule has 0 amide bonds. The zero-order chi connectivity index (χ0) is 12.1. The average Bonchev–Trinajstić information content (AvgIpc) is 2.85. The molecule has 4 heteroatoms. The van der Waals surface area contributed by atoms with Crippen molar-refractivity contribution in [2.45, 2.75) is 13.5 Å². The second-order valence-corrected chi connectivity index (χ2v) is 3.63. The Balaban J connectivity index is 2.18. The summed E-state index contributed by atoms with van der Waals surface area (Å²) in [5, 5.41) is 3.22. The van der Waals surface area contributed by atoms with Gasteiger partial charge in [-0.3, -0.25) is 0 Å². The number of hydrogen-bond acceptors (Lipinski definition) is 4. The smallest absolute Gasteiger partial charge is 0.213 e. The number of nitrogens with one attached hydrogen (secondary N) is 1. The van der Waals surface area contributed by atoms with E-state index in [2.05, 4.69) is 17.2 Å². The van der Waals surface area contributed by atoms with Crippen LogP contribution in [0.2, 0.25) is 0 Å². The van der Waals surface area contributed by atoms with Gasteiger partial charge in [-0.25, -0.2) is 4.98 Å². The van der Waals surface area contributed by atoms with E-state index in [1.54, 1.807) is 13.3 Å². The number of methoxy groups -OCH3 is 1. The van der Waals surface area contributed by atoms with Crippen LogP contribution in [0.5, 0.6) is 5.88 Å². The molecular weight excluding hydrogens is 216 g/mol. The summed E-state index contributed by atoms with van der Waals surface area (Å²) in [6, 6.07) is 7.70. The first-order valence-electron chi connectivity index (χ1n) is 5.63. The molecule has 0 saturated heterocycles. The maximum Gasteiger partial charge on any atom is 0.213 e. The highest BCUT2D eigenvalue weighted by molar-refractivity contribution is 5.58. The molecule has 0 bridgehead atoms. The Morgan fingerprint density at radius 2 is 2.24 bits per heavy atom. The molecule has 0 aliphatic heterocycles. The van der Waals surface area contributed by atoms with Gasteiger partial charge in [-0.15, -0.1) is 0 Å². The van der Waals surface area contributed by atoms with Gasteiger partial charge in [0.15, 0.2) is 0 Å². The minimum Gasteiger partial charge on any atom is -0.481 e. The molecule has 0 radical (unpaired) electrons. The van der Waals surface area contributed by atoms with Crippen molar-refractivity contribution in [1.82, 2.24) is 10.3 Å². The van der Waals surface area contributed by atoms with Gasteiger partial charge in [-0.2, -0.15) is 0 Å². The molecule has 0 fully saturated rings. The lowest BCUT2D eigenvalue weighted by Crippen LogP contribution is -2.10. The van der Waals surface area contributed by atoms with E-state index in [-0.39, 0.29) is 0 Å². The van der Waals surface area contributed by atoms with E-state index in [4.69, 9.17) is 9.15 Å². The van der Waals surface area contributed by atoms with Gasteiger partial charge in [0, 0.05) is 17.8 Å². The van der Waals surface area contributed by atoms with E-state index < -0.39 is 0 Å². The Labute approximate surface area is 101 Å². The van der Waals surface area contributed by atoms with Crippen LogP contribution in [0.25, 0.3) is 11.3 Å². The molecule has 0 spiro atoms. The highest BCUT2D eigenvalue weighted by Crippen LogP contribution is 2.24. The van der Waals surface area contributed by atoms with Gasteiger partial charge < -0.3 is 14.5 Å². The van der Waals surface area contributed by atoms with Gasteiger partial charge in [0.2, 0.25) is 5.88 Å². The second-order valence-electron chi connectivity index (χ2n) is 3.63. The van der Waals surface area contributed by atoms with Crippen molar-refractivity contribution in [3.05, 3.63) is 36.2 Å². The first-order valence-corrected chi connectivity index (χ1v) is 5.63. The number of furan rings is 1. The number of ether oxygens (including phenoxy) is 1. The lowest BCUT2D eigenvalue weighted by molar-refractivity contribution is 0.398. The van der Waals surface area contributed by atoms with E-state index >= 15 is 0 Å². The number of rotatable bonds is 5. The molecule has 0 aliphatic carbocycles. The Morgan fingerprint density at radius 1 is 1.35 bits per heavy atom. The third kappa shape index (κ3) is 2.85. The number of aromatic nitrogens is 1. The van der Waals surface area contributed by atoms with E-state index in [1.165, 1.54) is 0 Å². The largest absolute Gasteiger partial charge is 0.481 e. The fourth-order valence-corrected chi connectivity index (χ4v) is 1.55. The molecule has 0 saturated carbocycles. The third-order valence-electron chi connectivity index (χ3n) is 2.44. The normalized spacial score (nSPS) is 10.5. The van der Waals surface area contributed by atoms with Crippen LogP contribution in [0, 0.1) is 0 Å². The van der Waals surface area contributed by atoms with Crippen molar-refractivity contribution in [3.63, 3.8) is 0 Å². The van der Waals surface area contributed by atoms with Crippen molar-refractivity contribution in [2.24, 2.45) is 0 Å².